The second-order valence-corrected chi connectivity index (χ2v) is 7.66. The predicted molar refractivity (Wildman–Crippen MR) is 88.0 cm³/mol. The van der Waals surface area contributed by atoms with E-state index in [4.69, 9.17) is 0 Å². The van der Waals surface area contributed by atoms with Crippen molar-refractivity contribution >= 4 is 21.4 Å². The molecule has 0 aromatic heterocycles. The average molecular weight is 335 g/mol. The standard InChI is InChI=1S/C17H18FNO3S/c1-11(2)12-4-6-13(7-5-12)17(20)19-16-10-14(23(3,21)22)8-9-15(16)18/h4-11H,1-3H3,(H,19,20). The van der Waals surface area contributed by atoms with Crippen molar-refractivity contribution in [1.29, 1.82) is 0 Å². The highest BCUT2D eigenvalue weighted by Gasteiger charge is 2.14. The number of benzene rings is 2. The molecule has 0 bridgehead atoms. The summed E-state index contributed by atoms with van der Waals surface area (Å²) in [5.41, 5.74) is 1.30. The summed E-state index contributed by atoms with van der Waals surface area (Å²) in [7, 11) is -3.48. The molecule has 0 spiro atoms. The lowest BCUT2D eigenvalue weighted by atomic mass is 10.0. The van der Waals surface area contributed by atoms with Crippen molar-refractivity contribution in [2.24, 2.45) is 0 Å². The first-order valence-corrected chi connectivity index (χ1v) is 8.98. The van der Waals surface area contributed by atoms with Crippen LogP contribution in [0.1, 0.15) is 35.7 Å². The first-order chi connectivity index (χ1) is 10.7. The second kappa shape index (κ2) is 6.50. The summed E-state index contributed by atoms with van der Waals surface area (Å²) in [5.74, 6) is -0.842. The Morgan fingerprint density at radius 3 is 2.22 bits per heavy atom. The number of carbonyl (C=O) groups excluding carboxylic acids is 1. The van der Waals surface area contributed by atoms with E-state index in [9.17, 15) is 17.6 Å². The van der Waals surface area contributed by atoms with E-state index in [2.05, 4.69) is 5.32 Å². The van der Waals surface area contributed by atoms with Crippen molar-refractivity contribution in [3.05, 3.63) is 59.4 Å². The molecule has 0 saturated carbocycles. The van der Waals surface area contributed by atoms with Crippen LogP contribution in [0.2, 0.25) is 0 Å². The van der Waals surface area contributed by atoms with Crippen LogP contribution < -0.4 is 5.32 Å². The fourth-order valence-electron chi connectivity index (χ4n) is 2.04. The summed E-state index contributed by atoms with van der Waals surface area (Å²) in [6.45, 7) is 4.09. The first-order valence-electron chi connectivity index (χ1n) is 7.09. The quantitative estimate of drug-likeness (QED) is 0.868. The molecule has 2 aromatic rings. The van der Waals surface area contributed by atoms with E-state index in [0.29, 0.717) is 11.5 Å². The van der Waals surface area contributed by atoms with Crippen LogP contribution in [0.15, 0.2) is 47.4 Å². The van der Waals surface area contributed by atoms with Crippen LogP contribution in [0.3, 0.4) is 0 Å². The third-order valence-corrected chi connectivity index (χ3v) is 4.56. The third kappa shape index (κ3) is 4.16. The highest BCUT2D eigenvalue weighted by atomic mass is 32.2. The minimum Gasteiger partial charge on any atom is -0.319 e. The van der Waals surface area contributed by atoms with E-state index < -0.39 is 21.6 Å². The summed E-state index contributed by atoms with van der Waals surface area (Å²) in [6, 6.07) is 10.3. The van der Waals surface area contributed by atoms with Gasteiger partial charge in [0.15, 0.2) is 9.84 Å². The van der Waals surface area contributed by atoms with Gasteiger partial charge in [0.2, 0.25) is 0 Å². The summed E-state index contributed by atoms with van der Waals surface area (Å²) in [5, 5.41) is 2.41. The van der Waals surface area contributed by atoms with Crippen molar-refractivity contribution < 1.29 is 17.6 Å². The minimum atomic E-state index is -3.48. The maximum atomic E-state index is 13.8. The molecule has 0 aliphatic carbocycles. The number of rotatable bonds is 4. The summed E-state index contributed by atoms with van der Waals surface area (Å²) >= 11 is 0. The Balaban J connectivity index is 2.26. The van der Waals surface area contributed by atoms with Gasteiger partial charge in [-0.1, -0.05) is 26.0 Å². The smallest absolute Gasteiger partial charge is 0.255 e. The van der Waals surface area contributed by atoms with Crippen LogP contribution in [-0.2, 0) is 9.84 Å². The molecule has 1 amide bonds. The molecular formula is C17H18FNO3S. The molecule has 0 aliphatic heterocycles. The van der Waals surface area contributed by atoms with E-state index >= 15 is 0 Å². The fourth-order valence-corrected chi connectivity index (χ4v) is 2.69. The van der Waals surface area contributed by atoms with Crippen LogP contribution in [-0.4, -0.2) is 20.6 Å². The van der Waals surface area contributed by atoms with Crippen LogP contribution in [0.5, 0.6) is 0 Å². The lowest BCUT2D eigenvalue weighted by molar-refractivity contribution is 0.102. The zero-order valence-corrected chi connectivity index (χ0v) is 13.9. The lowest BCUT2D eigenvalue weighted by Gasteiger charge is -2.09. The second-order valence-electron chi connectivity index (χ2n) is 5.64. The number of carbonyl (C=O) groups is 1. The Bertz CT molecular complexity index is 827. The molecule has 0 atom stereocenters. The molecular weight excluding hydrogens is 317 g/mol. The number of hydrogen-bond acceptors (Lipinski definition) is 3. The topological polar surface area (TPSA) is 63.2 Å². The zero-order valence-electron chi connectivity index (χ0n) is 13.1. The molecule has 0 aliphatic rings. The Hall–Kier alpha value is -2.21. The summed E-state index contributed by atoms with van der Waals surface area (Å²) < 4.78 is 36.8. The number of hydrogen-bond donors (Lipinski definition) is 1. The van der Waals surface area contributed by atoms with Crippen LogP contribution in [0.4, 0.5) is 10.1 Å². The number of sulfone groups is 1. The van der Waals surface area contributed by atoms with Crippen molar-refractivity contribution in [3.8, 4) is 0 Å². The normalized spacial score (nSPS) is 11.5. The van der Waals surface area contributed by atoms with E-state index in [-0.39, 0.29) is 10.6 Å². The van der Waals surface area contributed by atoms with Crippen LogP contribution >= 0.6 is 0 Å². The minimum absolute atomic E-state index is 0.0515. The zero-order chi connectivity index (χ0) is 17.2. The molecule has 122 valence electrons. The third-order valence-electron chi connectivity index (χ3n) is 3.45. The molecule has 2 rings (SSSR count). The predicted octanol–water partition coefficient (Wildman–Crippen LogP) is 3.60. The van der Waals surface area contributed by atoms with E-state index in [1.807, 2.05) is 26.0 Å². The highest BCUT2D eigenvalue weighted by Crippen LogP contribution is 2.21. The van der Waals surface area contributed by atoms with Gasteiger partial charge in [-0.3, -0.25) is 4.79 Å². The van der Waals surface area contributed by atoms with Gasteiger partial charge in [-0.15, -0.1) is 0 Å². The largest absolute Gasteiger partial charge is 0.319 e. The van der Waals surface area contributed by atoms with Gasteiger partial charge in [-0.05, 0) is 41.8 Å². The molecule has 0 saturated heterocycles. The molecule has 0 unspecified atom stereocenters. The maximum absolute atomic E-state index is 13.8. The van der Waals surface area contributed by atoms with Crippen LogP contribution in [0, 0.1) is 5.82 Å². The van der Waals surface area contributed by atoms with Gasteiger partial charge in [0.1, 0.15) is 5.82 Å². The fraction of sp³-hybridized carbons (Fsp3) is 0.235. The molecule has 0 radical (unpaired) electrons. The van der Waals surface area contributed by atoms with E-state index in [0.717, 1.165) is 30.0 Å². The lowest BCUT2D eigenvalue weighted by Crippen LogP contribution is -2.13. The van der Waals surface area contributed by atoms with E-state index in [1.54, 1.807) is 12.1 Å². The van der Waals surface area contributed by atoms with Gasteiger partial charge in [0.25, 0.3) is 5.91 Å². The first kappa shape index (κ1) is 17.1. The molecule has 23 heavy (non-hydrogen) atoms. The Kier molecular flexibility index (Phi) is 4.85. The Labute approximate surface area is 135 Å². The number of amides is 1. The molecule has 4 nitrogen and oxygen atoms in total. The molecule has 2 aromatic carbocycles. The van der Waals surface area contributed by atoms with Gasteiger partial charge >= 0.3 is 0 Å². The Morgan fingerprint density at radius 1 is 1.09 bits per heavy atom. The molecule has 0 heterocycles. The van der Waals surface area contributed by atoms with Gasteiger partial charge in [0.05, 0.1) is 10.6 Å². The SMILES string of the molecule is CC(C)c1ccc(C(=O)Nc2cc(S(C)(=O)=O)ccc2F)cc1. The van der Waals surface area contributed by atoms with Crippen molar-refractivity contribution in [2.75, 3.05) is 11.6 Å². The summed E-state index contributed by atoms with van der Waals surface area (Å²) in [4.78, 5) is 12.1. The average Bonchev–Trinajstić information content (AvgIpc) is 2.48. The highest BCUT2D eigenvalue weighted by molar-refractivity contribution is 7.90. The van der Waals surface area contributed by atoms with Crippen molar-refractivity contribution in [2.45, 2.75) is 24.7 Å². The van der Waals surface area contributed by atoms with Crippen molar-refractivity contribution in [1.82, 2.24) is 0 Å². The van der Waals surface area contributed by atoms with Gasteiger partial charge in [-0.25, -0.2) is 12.8 Å². The van der Waals surface area contributed by atoms with E-state index in [1.165, 1.54) is 0 Å². The van der Waals surface area contributed by atoms with Crippen LogP contribution in [0.25, 0.3) is 0 Å². The van der Waals surface area contributed by atoms with Gasteiger partial charge < -0.3 is 5.32 Å². The monoisotopic (exact) mass is 335 g/mol. The van der Waals surface area contributed by atoms with Gasteiger partial charge in [0, 0.05) is 11.8 Å². The maximum Gasteiger partial charge on any atom is 0.255 e. The molecule has 0 fully saturated rings. The number of anilines is 1. The Morgan fingerprint density at radius 2 is 1.70 bits per heavy atom. The summed E-state index contributed by atoms with van der Waals surface area (Å²) in [6.07, 6.45) is 1.02. The molecule has 6 heteroatoms. The number of halogens is 1. The van der Waals surface area contributed by atoms with Gasteiger partial charge in [-0.2, -0.15) is 0 Å². The molecule has 1 N–H and O–H groups in total. The van der Waals surface area contributed by atoms with Crippen molar-refractivity contribution in [3.63, 3.8) is 0 Å². The number of nitrogens with one attached hydrogen (secondary N) is 1.